The Morgan fingerprint density at radius 1 is 1.09 bits per heavy atom. The summed E-state index contributed by atoms with van der Waals surface area (Å²) in [4.78, 5) is 10.2. The summed E-state index contributed by atoms with van der Waals surface area (Å²) in [6.07, 6.45) is 1.27. The van der Waals surface area contributed by atoms with Gasteiger partial charge in [-0.3, -0.25) is 20.3 Å². The number of para-hydroxylation sites is 1. The van der Waals surface area contributed by atoms with Gasteiger partial charge < -0.3 is 9.84 Å². The van der Waals surface area contributed by atoms with Crippen LogP contribution >= 0.6 is 0 Å². The first-order chi connectivity index (χ1) is 15.6. The number of sulfonamides is 1. The van der Waals surface area contributed by atoms with Crippen LogP contribution in [-0.4, -0.2) is 31.8 Å². The molecule has 0 aromatic heterocycles. The molecule has 0 fully saturated rings. The van der Waals surface area contributed by atoms with Gasteiger partial charge in [0.15, 0.2) is 11.5 Å². The molecule has 0 radical (unpaired) electrons. The molecule has 3 N–H and O–H groups in total. The number of ether oxygens (including phenoxy) is 1. The average molecular weight is 471 g/mol. The predicted octanol–water partition coefficient (Wildman–Crippen LogP) is 4.17. The molecule has 3 aromatic carbocycles. The zero-order valence-corrected chi connectivity index (χ0v) is 18.9. The second-order valence-corrected chi connectivity index (χ2v) is 8.78. The van der Waals surface area contributed by atoms with Crippen LogP contribution in [-0.2, 0) is 10.0 Å². The molecule has 0 saturated carbocycles. The monoisotopic (exact) mass is 470 g/mol. The number of hydrogen-bond donors (Lipinski definition) is 3. The van der Waals surface area contributed by atoms with Gasteiger partial charge in [0.05, 0.1) is 29.6 Å². The number of nitro groups is 1. The van der Waals surface area contributed by atoms with E-state index in [1.54, 1.807) is 37.3 Å². The number of non-ortho nitro benzene ring substituents is 1. The number of hydrogen-bond acceptors (Lipinski definition) is 8. The highest BCUT2D eigenvalue weighted by atomic mass is 32.2. The molecule has 3 aromatic rings. The number of aromatic hydroxyl groups is 1. The van der Waals surface area contributed by atoms with E-state index < -0.39 is 20.6 Å². The molecule has 0 aliphatic rings. The second kappa shape index (κ2) is 9.57. The first-order valence-electron chi connectivity index (χ1n) is 9.66. The molecule has 3 rings (SSSR count). The van der Waals surface area contributed by atoms with Gasteiger partial charge in [-0.05, 0) is 43.7 Å². The Morgan fingerprint density at radius 3 is 2.48 bits per heavy atom. The fourth-order valence-electron chi connectivity index (χ4n) is 3.05. The lowest BCUT2D eigenvalue weighted by atomic mass is 10.1. The Hall–Kier alpha value is -4.12. The van der Waals surface area contributed by atoms with Crippen molar-refractivity contribution in [2.24, 2.45) is 5.10 Å². The van der Waals surface area contributed by atoms with Gasteiger partial charge >= 0.3 is 0 Å². The molecule has 11 heteroatoms. The van der Waals surface area contributed by atoms with Crippen LogP contribution in [0.4, 0.5) is 17.1 Å². The van der Waals surface area contributed by atoms with Crippen LogP contribution in [0.1, 0.15) is 16.7 Å². The summed E-state index contributed by atoms with van der Waals surface area (Å²) in [5, 5.41) is 25.4. The molecular formula is C22H22N4O6S. The Bertz CT molecular complexity index is 1340. The lowest BCUT2D eigenvalue weighted by molar-refractivity contribution is -0.385. The molecule has 10 nitrogen and oxygen atoms in total. The highest BCUT2D eigenvalue weighted by Crippen LogP contribution is 2.30. The summed E-state index contributed by atoms with van der Waals surface area (Å²) in [5.74, 6) is 0.105. The van der Waals surface area contributed by atoms with E-state index in [0.29, 0.717) is 16.8 Å². The molecular weight excluding hydrogens is 448 g/mol. The van der Waals surface area contributed by atoms with Crippen LogP contribution in [0.2, 0.25) is 0 Å². The summed E-state index contributed by atoms with van der Waals surface area (Å²) in [7, 11) is -2.80. The van der Waals surface area contributed by atoms with Crippen molar-refractivity contribution < 1.29 is 23.2 Å². The van der Waals surface area contributed by atoms with Crippen LogP contribution in [0, 0.1) is 24.0 Å². The average Bonchev–Trinajstić information content (AvgIpc) is 2.77. The number of benzene rings is 3. The van der Waals surface area contributed by atoms with E-state index in [-0.39, 0.29) is 22.1 Å². The largest absolute Gasteiger partial charge is 0.504 e. The van der Waals surface area contributed by atoms with Crippen molar-refractivity contribution in [2.75, 3.05) is 17.3 Å². The minimum absolute atomic E-state index is 0.0106. The van der Waals surface area contributed by atoms with Gasteiger partial charge in [0.1, 0.15) is 4.90 Å². The third kappa shape index (κ3) is 5.39. The van der Waals surface area contributed by atoms with E-state index in [0.717, 1.165) is 17.7 Å². The van der Waals surface area contributed by atoms with E-state index in [1.165, 1.54) is 19.4 Å². The Labute approximate surface area is 190 Å². The lowest BCUT2D eigenvalue weighted by Crippen LogP contribution is -2.16. The topological polar surface area (TPSA) is 143 Å². The smallest absolute Gasteiger partial charge is 0.270 e. The van der Waals surface area contributed by atoms with Crippen molar-refractivity contribution in [1.82, 2.24) is 0 Å². The van der Waals surface area contributed by atoms with Crippen LogP contribution in [0.15, 0.2) is 64.6 Å². The van der Waals surface area contributed by atoms with Gasteiger partial charge in [-0.25, -0.2) is 8.42 Å². The SMILES string of the molecule is COc1cccc(/C=N/Nc2ccc([N+](=O)[O-])cc2S(=O)(=O)Nc2ccc(C)cc2C)c1O. The number of anilines is 2. The second-order valence-electron chi connectivity index (χ2n) is 7.13. The molecule has 0 bridgehead atoms. The van der Waals surface area contributed by atoms with Crippen LogP contribution < -0.4 is 14.9 Å². The number of phenols is 1. The number of rotatable bonds is 8. The summed E-state index contributed by atoms with van der Waals surface area (Å²) in [5.41, 5.74) is 4.53. The fraction of sp³-hybridized carbons (Fsp3) is 0.136. The Morgan fingerprint density at radius 2 is 1.82 bits per heavy atom. The van der Waals surface area contributed by atoms with Gasteiger partial charge in [-0.15, -0.1) is 0 Å². The number of nitrogens with zero attached hydrogens (tertiary/aromatic N) is 2. The maximum atomic E-state index is 13.1. The first-order valence-corrected chi connectivity index (χ1v) is 11.1. The Balaban J connectivity index is 1.97. The third-order valence-corrected chi connectivity index (χ3v) is 6.14. The molecule has 172 valence electrons. The minimum Gasteiger partial charge on any atom is -0.504 e. The highest BCUT2D eigenvalue weighted by Gasteiger charge is 2.23. The standard InChI is InChI=1S/C22H22N4O6S/c1-14-7-9-18(15(2)11-14)25-33(30,31)21-12-17(26(28)29)8-10-19(21)24-23-13-16-5-4-6-20(32-3)22(16)27/h4-13,24-25,27H,1-3H3/b23-13+. The quantitative estimate of drug-likeness (QED) is 0.255. The molecule has 0 saturated heterocycles. The van der Waals surface area contributed by atoms with Crippen molar-refractivity contribution in [3.8, 4) is 11.5 Å². The molecule has 0 heterocycles. The third-order valence-electron chi connectivity index (χ3n) is 4.73. The van der Waals surface area contributed by atoms with Gasteiger partial charge in [0.25, 0.3) is 15.7 Å². The van der Waals surface area contributed by atoms with Crippen molar-refractivity contribution in [3.05, 3.63) is 81.4 Å². The molecule has 33 heavy (non-hydrogen) atoms. The molecule has 0 unspecified atom stereocenters. The van der Waals surface area contributed by atoms with Gasteiger partial charge in [-0.1, -0.05) is 23.8 Å². The van der Waals surface area contributed by atoms with E-state index in [1.807, 2.05) is 13.0 Å². The molecule has 0 amide bonds. The molecule has 0 aliphatic carbocycles. The summed E-state index contributed by atoms with van der Waals surface area (Å²) < 4.78 is 33.8. The van der Waals surface area contributed by atoms with E-state index in [2.05, 4.69) is 15.2 Å². The Kier molecular flexibility index (Phi) is 6.83. The molecule has 0 atom stereocenters. The number of methoxy groups -OCH3 is 1. The predicted molar refractivity (Wildman–Crippen MR) is 126 cm³/mol. The number of phenolic OH excluding ortho intramolecular Hbond substituents is 1. The van der Waals surface area contributed by atoms with Crippen LogP contribution in [0.25, 0.3) is 0 Å². The fourth-order valence-corrected chi connectivity index (χ4v) is 4.35. The molecule has 0 spiro atoms. The van der Waals surface area contributed by atoms with E-state index in [9.17, 15) is 23.6 Å². The summed E-state index contributed by atoms with van der Waals surface area (Å²) in [6, 6.07) is 13.4. The number of nitro benzene ring substituents is 1. The van der Waals surface area contributed by atoms with Crippen LogP contribution in [0.5, 0.6) is 11.5 Å². The lowest BCUT2D eigenvalue weighted by Gasteiger charge is -2.14. The minimum atomic E-state index is -4.21. The van der Waals surface area contributed by atoms with Crippen molar-refractivity contribution >= 4 is 33.3 Å². The number of nitrogens with one attached hydrogen (secondary N) is 2. The van der Waals surface area contributed by atoms with Crippen molar-refractivity contribution in [3.63, 3.8) is 0 Å². The van der Waals surface area contributed by atoms with Gasteiger partial charge in [-0.2, -0.15) is 5.10 Å². The van der Waals surface area contributed by atoms with Gasteiger partial charge in [0.2, 0.25) is 0 Å². The van der Waals surface area contributed by atoms with E-state index in [4.69, 9.17) is 4.74 Å². The maximum absolute atomic E-state index is 13.1. The first kappa shape index (κ1) is 23.5. The van der Waals surface area contributed by atoms with Crippen LogP contribution in [0.3, 0.4) is 0 Å². The van der Waals surface area contributed by atoms with Crippen molar-refractivity contribution in [2.45, 2.75) is 18.7 Å². The number of hydrazone groups is 1. The highest BCUT2D eigenvalue weighted by molar-refractivity contribution is 7.92. The molecule has 0 aliphatic heterocycles. The normalized spacial score (nSPS) is 11.4. The summed E-state index contributed by atoms with van der Waals surface area (Å²) >= 11 is 0. The van der Waals surface area contributed by atoms with E-state index >= 15 is 0 Å². The number of aryl methyl sites for hydroxylation is 2. The maximum Gasteiger partial charge on any atom is 0.270 e. The summed E-state index contributed by atoms with van der Waals surface area (Å²) in [6.45, 7) is 3.63. The van der Waals surface area contributed by atoms with Gasteiger partial charge in [0, 0.05) is 17.7 Å². The zero-order valence-electron chi connectivity index (χ0n) is 18.1. The van der Waals surface area contributed by atoms with Crippen molar-refractivity contribution in [1.29, 1.82) is 0 Å². The zero-order chi connectivity index (χ0) is 24.2.